The van der Waals surface area contributed by atoms with Crippen molar-refractivity contribution in [3.8, 4) is 11.1 Å². The lowest BCUT2D eigenvalue weighted by molar-refractivity contribution is 0.756. The Hall–Kier alpha value is -3.69. The van der Waals surface area contributed by atoms with Crippen molar-refractivity contribution in [1.29, 1.82) is 0 Å². The molecule has 3 nitrogen and oxygen atoms in total. The average Bonchev–Trinajstić information content (AvgIpc) is 2.85. The lowest BCUT2D eigenvalue weighted by Gasteiger charge is -2.22. The van der Waals surface area contributed by atoms with Gasteiger partial charge in [-0.05, 0) is 28.8 Å². The van der Waals surface area contributed by atoms with Crippen LogP contribution in [0.3, 0.4) is 0 Å². The van der Waals surface area contributed by atoms with Crippen LogP contribution in [0.15, 0.2) is 119 Å². The molecule has 31 heavy (non-hydrogen) atoms. The van der Waals surface area contributed by atoms with E-state index >= 15 is 0 Å². The molecule has 1 aliphatic heterocycles. The number of rotatable bonds is 4. The van der Waals surface area contributed by atoms with Gasteiger partial charge in [-0.3, -0.25) is 0 Å². The van der Waals surface area contributed by atoms with E-state index in [-0.39, 0.29) is 6.17 Å². The third-order valence-electron chi connectivity index (χ3n) is 5.20. The number of nitrogens with one attached hydrogen (secondary N) is 1. The predicted molar refractivity (Wildman–Crippen MR) is 129 cm³/mol. The standard InChI is InChI=1S/C27H20ClN3/c28-24-13-7-12-23(18-24)19-14-16-22(17-15-19)27-30-25(20-8-3-1-4-9-20)29-26(31-27)21-10-5-2-6-11-21/h1-18,25H,(H,29,30,31). The van der Waals surface area contributed by atoms with Crippen molar-refractivity contribution >= 4 is 23.3 Å². The predicted octanol–water partition coefficient (Wildman–Crippen LogP) is 6.50. The number of halogens is 1. The molecule has 0 amide bonds. The van der Waals surface area contributed by atoms with Crippen LogP contribution in [-0.4, -0.2) is 11.7 Å². The molecule has 0 aromatic heterocycles. The summed E-state index contributed by atoms with van der Waals surface area (Å²) in [5.41, 5.74) is 5.30. The van der Waals surface area contributed by atoms with Crippen LogP contribution in [-0.2, 0) is 0 Å². The summed E-state index contributed by atoms with van der Waals surface area (Å²) < 4.78 is 0. The quantitative estimate of drug-likeness (QED) is 0.401. The van der Waals surface area contributed by atoms with E-state index in [1.54, 1.807) is 0 Å². The minimum Gasteiger partial charge on any atom is -0.324 e. The first-order chi connectivity index (χ1) is 15.3. The molecule has 0 saturated carbocycles. The zero-order valence-electron chi connectivity index (χ0n) is 16.7. The van der Waals surface area contributed by atoms with Gasteiger partial charge in [-0.15, -0.1) is 0 Å². The van der Waals surface area contributed by atoms with Crippen LogP contribution in [0.25, 0.3) is 11.1 Å². The zero-order valence-corrected chi connectivity index (χ0v) is 17.5. The van der Waals surface area contributed by atoms with E-state index in [1.807, 2.05) is 54.6 Å². The van der Waals surface area contributed by atoms with Crippen LogP contribution in [0.2, 0.25) is 5.02 Å². The normalized spacial score (nSPS) is 15.6. The molecule has 1 heterocycles. The number of benzene rings is 4. The Labute approximate surface area is 186 Å². The number of hydrogen-bond donors (Lipinski definition) is 1. The van der Waals surface area contributed by atoms with Crippen molar-refractivity contribution in [3.63, 3.8) is 0 Å². The Balaban J connectivity index is 1.51. The first kappa shape index (κ1) is 19.3. The first-order valence-electron chi connectivity index (χ1n) is 10.2. The van der Waals surface area contributed by atoms with Crippen LogP contribution in [0.5, 0.6) is 0 Å². The van der Waals surface area contributed by atoms with Crippen molar-refractivity contribution in [2.75, 3.05) is 0 Å². The van der Waals surface area contributed by atoms with Crippen molar-refractivity contribution in [2.45, 2.75) is 6.17 Å². The van der Waals surface area contributed by atoms with Gasteiger partial charge in [0, 0.05) is 16.1 Å². The van der Waals surface area contributed by atoms with Crippen molar-refractivity contribution < 1.29 is 0 Å². The third-order valence-corrected chi connectivity index (χ3v) is 5.44. The molecule has 5 rings (SSSR count). The first-order valence-corrected chi connectivity index (χ1v) is 10.5. The largest absolute Gasteiger partial charge is 0.324 e. The van der Waals surface area contributed by atoms with Gasteiger partial charge in [-0.2, -0.15) is 0 Å². The summed E-state index contributed by atoms with van der Waals surface area (Å²) in [6.07, 6.45) is -0.291. The van der Waals surface area contributed by atoms with Gasteiger partial charge in [0.25, 0.3) is 0 Å². The van der Waals surface area contributed by atoms with Gasteiger partial charge in [0.05, 0.1) is 0 Å². The molecule has 0 radical (unpaired) electrons. The lowest BCUT2D eigenvalue weighted by atomic mass is 10.0. The fourth-order valence-corrected chi connectivity index (χ4v) is 3.79. The molecule has 4 aromatic rings. The fourth-order valence-electron chi connectivity index (χ4n) is 3.60. The van der Waals surface area contributed by atoms with E-state index in [2.05, 4.69) is 59.9 Å². The number of aliphatic imine (C=N–C) groups is 2. The monoisotopic (exact) mass is 421 g/mol. The Morgan fingerprint density at radius 3 is 1.74 bits per heavy atom. The van der Waals surface area contributed by atoms with Gasteiger partial charge >= 0.3 is 0 Å². The summed E-state index contributed by atoms with van der Waals surface area (Å²) in [6.45, 7) is 0. The van der Waals surface area contributed by atoms with Gasteiger partial charge in [-0.1, -0.05) is 109 Å². The SMILES string of the molecule is Clc1cccc(-c2ccc(C3=NC(c4ccccc4)N=C(c4ccccc4)N3)cc2)c1. The minimum absolute atomic E-state index is 0.291. The van der Waals surface area contributed by atoms with E-state index in [4.69, 9.17) is 21.6 Å². The molecule has 4 aromatic carbocycles. The Morgan fingerprint density at radius 2 is 1.10 bits per heavy atom. The van der Waals surface area contributed by atoms with Gasteiger partial charge in [0.15, 0.2) is 6.17 Å². The molecular weight excluding hydrogens is 402 g/mol. The Bertz CT molecular complexity index is 1250. The molecule has 1 unspecified atom stereocenters. The van der Waals surface area contributed by atoms with E-state index in [0.717, 1.165) is 44.5 Å². The van der Waals surface area contributed by atoms with Gasteiger partial charge in [0.2, 0.25) is 0 Å². The van der Waals surface area contributed by atoms with Crippen LogP contribution < -0.4 is 5.32 Å². The maximum Gasteiger partial charge on any atom is 0.169 e. The average molecular weight is 422 g/mol. The van der Waals surface area contributed by atoms with Gasteiger partial charge in [-0.25, -0.2) is 9.98 Å². The minimum atomic E-state index is -0.291. The summed E-state index contributed by atoms with van der Waals surface area (Å²) in [7, 11) is 0. The highest BCUT2D eigenvalue weighted by molar-refractivity contribution is 6.30. The molecule has 0 fully saturated rings. The van der Waals surface area contributed by atoms with E-state index < -0.39 is 0 Å². The summed E-state index contributed by atoms with van der Waals surface area (Å²) in [4.78, 5) is 9.79. The summed E-state index contributed by atoms with van der Waals surface area (Å²) in [6, 6.07) is 36.5. The third kappa shape index (κ3) is 4.27. The smallest absolute Gasteiger partial charge is 0.169 e. The molecule has 0 saturated heterocycles. The highest BCUT2D eigenvalue weighted by Crippen LogP contribution is 2.26. The van der Waals surface area contributed by atoms with Crippen LogP contribution in [0.1, 0.15) is 22.9 Å². The van der Waals surface area contributed by atoms with E-state index in [9.17, 15) is 0 Å². The molecule has 1 aliphatic rings. The van der Waals surface area contributed by atoms with E-state index in [0.29, 0.717) is 0 Å². The maximum absolute atomic E-state index is 6.15. The molecule has 1 atom stereocenters. The highest BCUT2D eigenvalue weighted by atomic mass is 35.5. The lowest BCUT2D eigenvalue weighted by Crippen LogP contribution is -2.36. The second-order valence-electron chi connectivity index (χ2n) is 7.32. The maximum atomic E-state index is 6.15. The molecule has 150 valence electrons. The van der Waals surface area contributed by atoms with Gasteiger partial charge in [0.1, 0.15) is 11.7 Å². The summed E-state index contributed by atoms with van der Waals surface area (Å²) in [5, 5.41) is 4.16. The second kappa shape index (κ2) is 8.58. The Kier molecular flexibility index (Phi) is 5.34. The van der Waals surface area contributed by atoms with Crippen LogP contribution in [0.4, 0.5) is 0 Å². The molecular formula is C27H20ClN3. The number of nitrogens with zero attached hydrogens (tertiary/aromatic N) is 2. The summed E-state index contributed by atoms with van der Waals surface area (Å²) in [5.74, 6) is 1.62. The van der Waals surface area contributed by atoms with E-state index in [1.165, 1.54) is 0 Å². The Morgan fingerprint density at radius 1 is 0.548 bits per heavy atom. The second-order valence-corrected chi connectivity index (χ2v) is 7.75. The molecule has 0 bridgehead atoms. The van der Waals surface area contributed by atoms with Crippen LogP contribution in [0, 0.1) is 0 Å². The molecule has 4 heteroatoms. The molecule has 0 spiro atoms. The van der Waals surface area contributed by atoms with Crippen LogP contribution >= 0.6 is 11.6 Å². The summed E-state index contributed by atoms with van der Waals surface area (Å²) >= 11 is 6.15. The van der Waals surface area contributed by atoms with Crippen molar-refractivity contribution in [1.82, 2.24) is 5.32 Å². The fraction of sp³-hybridized carbons (Fsp3) is 0.0370. The number of hydrogen-bond acceptors (Lipinski definition) is 3. The zero-order chi connectivity index (χ0) is 21.0. The van der Waals surface area contributed by atoms with Crippen molar-refractivity contribution in [2.24, 2.45) is 9.98 Å². The molecule has 1 N–H and O–H groups in total. The number of amidine groups is 2. The van der Waals surface area contributed by atoms with Gasteiger partial charge < -0.3 is 5.32 Å². The molecule has 0 aliphatic carbocycles. The topological polar surface area (TPSA) is 36.8 Å². The highest BCUT2D eigenvalue weighted by Gasteiger charge is 2.20. The van der Waals surface area contributed by atoms with Crippen molar-refractivity contribution in [3.05, 3.63) is 131 Å².